The highest BCUT2D eigenvalue weighted by molar-refractivity contribution is 6.08. The van der Waals surface area contributed by atoms with Gasteiger partial charge in [-0.25, -0.2) is 4.68 Å². The summed E-state index contributed by atoms with van der Waals surface area (Å²) in [4.78, 5) is 13.3. The Morgan fingerprint density at radius 2 is 1.71 bits per heavy atom. The molecule has 0 radical (unpaired) electrons. The third-order valence-electron chi connectivity index (χ3n) is 5.40. The summed E-state index contributed by atoms with van der Waals surface area (Å²) >= 11 is 0. The fourth-order valence-electron chi connectivity index (χ4n) is 3.73. The minimum atomic E-state index is -0.248. The lowest BCUT2D eigenvalue weighted by Gasteiger charge is -2.05. The molecule has 0 saturated carbocycles. The second-order valence-corrected chi connectivity index (χ2v) is 7.77. The first kappa shape index (κ1) is 21.2. The predicted octanol–water partition coefficient (Wildman–Crippen LogP) is 5.05. The Bertz CT molecular complexity index is 1410. The van der Waals surface area contributed by atoms with Crippen LogP contribution in [0.15, 0.2) is 104 Å². The lowest BCUT2D eigenvalue weighted by molar-refractivity contribution is 0.102. The fraction of sp³-hybridized carbons (Fsp3) is 0.0741. The van der Waals surface area contributed by atoms with Gasteiger partial charge in [-0.2, -0.15) is 10.2 Å². The Morgan fingerprint density at radius 1 is 0.941 bits per heavy atom. The highest BCUT2D eigenvalue weighted by Crippen LogP contribution is 2.25. The van der Waals surface area contributed by atoms with Crippen LogP contribution < -0.4 is 10.1 Å². The Hall–Kier alpha value is -4.65. The molecule has 0 aliphatic rings. The minimum absolute atomic E-state index is 0.248. The van der Waals surface area contributed by atoms with Gasteiger partial charge in [-0.1, -0.05) is 60.7 Å². The van der Waals surface area contributed by atoms with Gasteiger partial charge in [-0.3, -0.25) is 9.48 Å². The van der Waals surface area contributed by atoms with E-state index in [0.717, 1.165) is 22.6 Å². The standard InChI is InChI=1S/C27H23N5O2/c1-34-24-14-8-9-20(15-24)17-31-18-22(16-28-31)29-27(33)25-19-32(23-12-6-3-7-13-23)30-26(25)21-10-4-2-5-11-21/h2-16,18-19H,17H2,1H3,(H,29,33). The molecular formula is C27H23N5O2. The van der Waals surface area contributed by atoms with E-state index in [1.54, 1.807) is 35.1 Å². The molecule has 7 nitrogen and oxygen atoms in total. The van der Waals surface area contributed by atoms with Crippen LogP contribution in [0.5, 0.6) is 5.75 Å². The van der Waals surface area contributed by atoms with Crippen molar-refractivity contribution < 1.29 is 9.53 Å². The zero-order valence-corrected chi connectivity index (χ0v) is 18.6. The van der Waals surface area contributed by atoms with E-state index < -0.39 is 0 Å². The van der Waals surface area contributed by atoms with E-state index in [2.05, 4.69) is 10.4 Å². The van der Waals surface area contributed by atoms with E-state index in [1.165, 1.54) is 0 Å². The van der Waals surface area contributed by atoms with Gasteiger partial charge >= 0.3 is 0 Å². The van der Waals surface area contributed by atoms with Crippen molar-refractivity contribution in [1.82, 2.24) is 19.6 Å². The van der Waals surface area contributed by atoms with E-state index in [0.29, 0.717) is 23.5 Å². The van der Waals surface area contributed by atoms with Gasteiger partial charge in [-0.15, -0.1) is 0 Å². The highest BCUT2D eigenvalue weighted by Gasteiger charge is 2.19. The lowest BCUT2D eigenvalue weighted by atomic mass is 10.1. The maximum Gasteiger partial charge on any atom is 0.259 e. The minimum Gasteiger partial charge on any atom is -0.497 e. The molecule has 0 aliphatic heterocycles. The summed E-state index contributed by atoms with van der Waals surface area (Å²) in [7, 11) is 1.64. The first-order chi connectivity index (χ1) is 16.7. The van der Waals surface area contributed by atoms with E-state index in [9.17, 15) is 4.79 Å². The van der Waals surface area contributed by atoms with Gasteiger partial charge in [0.1, 0.15) is 11.4 Å². The quantitative estimate of drug-likeness (QED) is 0.378. The van der Waals surface area contributed by atoms with Gasteiger partial charge in [0.15, 0.2) is 0 Å². The van der Waals surface area contributed by atoms with E-state index >= 15 is 0 Å². The Morgan fingerprint density at radius 3 is 2.47 bits per heavy atom. The maximum absolute atomic E-state index is 13.3. The third kappa shape index (κ3) is 4.59. The topological polar surface area (TPSA) is 74.0 Å². The van der Waals surface area contributed by atoms with Crippen molar-refractivity contribution in [3.63, 3.8) is 0 Å². The Labute approximate surface area is 197 Å². The van der Waals surface area contributed by atoms with E-state index in [-0.39, 0.29) is 5.91 Å². The van der Waals surface area contributed by atoms with Gasteiger partial charge in [0.05, 0.1) is 36.8 Å². The maximum atomic E-state index is 13.3. The monoisotopic (exact) mass is 449 g/mol. The van der Waals surface area contributed by atoms with E-state index in [1.807, 2.05) is 84.9 Å². The second kappa shape index (κ2) is 9.46. The number of hydrogen-bond acceptors (Lipinski definition) is 4. The number of benzene rings is 3. The molecule has 5 aromatic rings. The number of aromatic nitrogens is 4. The molecule has 0 unspecified atom stereocenters. The van der Waals surface area contributed by atoms with Gasteiger partial charge in [0, 0.05) is 18.0 Å². The first-order valence-corrected chi connectivity index (χ1v) is 10.9. The number of amides is 1. The van der Waals surface area contributed by atoms with Crippen molar-refractivity contribution in [1.29, 1.82) is 0 Å². The molecule has 7 heteroatoms. The summed E-state index contributed by atoms with van der Waals surface area (Å²) in [6.07, 6.45) is 5.21. The molecule has 0 aliphatic carbocycles. The predicted molar refractivity (Wildman–Crippen MR) is 131 cm³/mol. The molecule has 0 saturated heterocycles. The molecule has 0 atom stereocenters. The summed E-state index contributed by atoms with van der Waals surface area (Å²) in [5, 5.41) is 12.1. The van der Waals surface area contributed by atoms with Crippen LogP contribution in [0.2, 0.25) is 0 Å². The van der Waals surface area contributed by atoms with Crippen molar-refractivity contribution in [3.8, 4) is 22.7 Å². The molecule has 0 fully saturated rings. The molecule has 0 spiro atoms. The number of ether oxygens (including phenoxy) is 1. The smallest absolute Gasteiger partial charge is 0.259 e. The average Bonchev–Trinajstić information content (AvgIpc) is 3.52. The van der Waals surface area contributed by atoms with Crippen LogP contribution in [-0.4, -0.2) is 32.6 Å². The van der Waals surface area contributed by atoms with Gasteiger partial charge < -0.3 is 10.1 Å². The summed E-state index contributed by atoms with van der Waals surface area (Å²) in [5.74, 6) is 0.545. The molecule has 2 aromatic heterocycles. The normalized spacial score (nSPS) is 10.7. The summed E-state index contributed by atoms with van der Waals surface area (Å²) in [5.41, 5.74) is 4.51. The molecule has 168 valence electrons. The number of carbonyl (C=O) groups is 1. The van der Waals surface area contributed by atoms with Crippen molar-refractivity contribution in [2.24, 2.45) is 0 Å². The summed E-state index contributed by atoms with van der Waals surface area (Å²) < 4.78 is 8.79. The average molecular weight is 450 g/mol. The largest absolute Gasteiger partial charge is 0.497 e. The number of nitrogens with zero attached hydrogens (tertiary/aromatic N) is 4. The zero-order valence-electron chi connectivity index (χ0n) is 18.6. The second-order valence-electron chi connectivity index (χ2n) is 7.77. The van der Waals surface area contributed by atoms with Gasteiger partial charge in [0.2, 0.25) is 0 Å². The fourth-order valence-corrected chi connectivity index (χ4v) is 3.73. The molecule has 5 rings (SSSR count). The van der Waals surface area contributed by atoms with Crippen molar-refractivity contribution >= 4 is 11.6 Å². The molecular weight excluding hydrogens is 426 g/mol. The van der Waals surface area contributed by atoms with Crippen molar-refractivity contribution in [3.05, 3.63) is 115 Å². The van der Waals surface area contributed by atoms with Crippen LogP contribution >= 0.6 is 0 Å². The lowest BCUT2D eigenvalue weighted by Crippen LogP contribution is -2.12. The highest BCUT2D eigenvalue weighted by atomic mass is 16.5. The van der Waals surface area contributed by atoms with Crippen LogP contribution in [0.4, 0.5) is 5.69 Å². The number of para-hydroxylation sites is 1. The van der Waals surface area contributed by atoms with Crippen molar-refractivity contribution in [2.75, 3.05) is 12.4 Å². The number of hydrogen-bond donors (Lipinski definition) is 1. The van der Waals surface area contributed by atoms with Crippen LogP contribution in [-0.2, 0) is 6.54 Å². The molecule has 1 amide bonds. The molecule has 0 bridgehead atoms. The molecule has 3 aromatic carbocycles. The summed E-state index contributed by atoms with van der Waals surface area (Å²) in [6, 6.07) is 27.2. The van der Waals surface area contributed by atoms with Gasteiger partial charge in [-0.05, 0) is 29.8 Å². The van der Waals surface area contributed by atoms with Crippen LogP contribution in [0.25, 0.3) is 16.9 Å². The van der Waals surface area contributed by atoms with Crippen LogP contribution in [0, 0.1) is 0 Å². The summed E-state index contributed by atoms with van der Waals surface area (Å²) in [6.45, 7) is 0.564. The molecule has 2 heterocycles. The van der Waals surface area contributed by atoms with Gasteiger partial charge in [0.25, 0.3) is 5.91 Å². The number of rotatable bonds is 7. The van der Waals surface area contributed by atoms with Crippen molar-refractivity contribution in [2.45, 2.75) is 6.54 Å². The number of nitrogens with one attached hydrogen (secondary N) is 1. The van der Waals surface area contributed by atoms with E-state index in [4.69, 9.17) is 9.84 Å². The van der Waals surface area contributed by atoms with Crippen LogP contribution in [0.3, 0.4) is 0 Å². The third-order valence-corrected chi connectivity index (χ3v) is 5.40. The van der Waals surface area contributed by atoms with Crippen LogP contribution in [0.1, 0.15) is 15.9 Å². The Balaban J connectivity index is 1.40. The molecule has 1 N–H and O–H groups in total. The zero-order chi connectivity index (χ0) is 23.3. The molecule has 34 heavy (non-hydrogen) atoms. The Kier molecular flexibility index (Phi) is 5.90. The SMILES string of the molecule is COc1cccc(Cn2cc(NC(=O)c3cn(-c4ccccc4)nc3-c3ccccc3)cn2)c1. The number of carbonyl (C=O) groups excluding carboxylic acids is 1. The number of methoxy groups -OCH3 is 1. The number of anilines is 1. The first-order valence-electron chi connectivity index (χ1n) is 10.9.